The van der Waals surface area contributed by atoms with Crippen molar-refractivity contribution in [2.45, 2.75) is 17.7 Å². The fraction of sp³-hybridized carbons (Fsp3) is 0.385. The summed E-state index contributed by atoms with van der Waals surface area (Å²) in [5, 5.41) is 3.51. The Morgan fingerprint density at radius 2 is 2.00 bits per heavy atom. The van der Waals surface area contributed by atoms with Gasteiger partial charge < -0.3 is 5.32 Å². The molecule has 0 unspecified atom stereocenters. The number of hydrazine groups is 1. The molecule has 2 rings (SSSR count). The van der Waals surface area contributed by atoms with Crippen molar-refractivity contribution in [3.8, 4) is 0 Å². The Hall–Kier alpha value is -1.27. The average molecular weight is 295 g/mol. The Kier molecular flexibility index (Phi) is 5.47. The summed E-state index contributed by atoms with van der Waals surface area (Å²) >= 11 is 6.83. The number of hydrogen-bond donors (Lipinski definition) is 3. The molecule has 0 aromatic heterocycles. The van der Waals surface area contributed by atoms with Crippen molar-refractivity contribution in [2.75, 3.05) is 12.3 Å². The lowest BCUT2D eigenvalue weighted by Crippen LogP contribution is -2.47. The third-order valence-electron chi connectivity index (χ3n) is 2.65. The van der Waals surface area contributed by atoms with E-state index >= 15 is 0 Å². The molecule has 4 nitrogen and oxygen atoms in total. The van der Waals surface area contributed by atoms with E-state index in [9.17, 15) is 4.79 Å². The zero-order chi connectivity index (χ0) is 13.5. The van der Waals surface area contributed by atoms with Gasteiger partial charge in [0.05, 0.1) is 0 Å². The van der Waals surface area contributed by atoms with Crippen LogP contribution in [0.15, 0.2) is 35.2 Å². The average Bonchev–Trinajstić information content (AvgIpc) is 3.27. The number of rotatable bonds is 5. The maximum Gasteiger partial charge on any atom is 0.241 e. The van der Waals surface area contributed by atoms with Crippen molar-refractivity contribution >= 4 is 35.0 Å². The molecule has 1 saturated carbocycles. The van der Waals surface area contributed by atoms with Crippen LogP contribution in [0.1, 0.15) is 12.8 Å². The van der Waals surface area contributed by atoms with Crippen molar-refractivity contribution in [2.24, 2.45) is 5.92 Å². The second kappa shape index (κ2) is 7.35. The lowest BCUT2D eigenvalue weighted by molar-refractivity contribution is -0.122. The standard InChI is InChI=1S/C13H17N3OS2/c17-12(10-6-7-10)15-16-13(18)14-8-9-19-11-4-2-1-3-5-11/h1-5,10H,6-9H2,(H,15,17)(H2,14,16,18). The van der Waals surface area contributed by atoms with E-state index in [0.29, 0.717) is 5.11 Å². The first-order chi connectivity index (χ1) is 9.25. The molecule has 0 saturated heterocycles. The second-order valence-electron chi connectivity index (χ2n) is 4.31. The van der Waals surface area contributed by atoms with Crippen LogP contribution in [-0.4, -0.2) is 23.3 Å². The molecule has 0 atom stereocenters. The van der Waals surface area contributed by atoms with Gasteiger partial charge in [0.25, 0.3) is 0 Å². The number of carbonyl (C=O) groups excluding carboxylic acids is 1. The van der Waals surface area contributed by atoms with Crippen molar-refractivity contribution in [3.63, 3.8) is 0 Å². The first-order valence-electron chi connectivity index (χ1n) is 6.27. The van der Waals surface area contributed by atoms with Crippen LogP contribution in [0.3, 0.4) is 0 Å². The SMILES string of the molecule is O=C(NNC(=S)NCCSc1ccccc1)C1CC1. The van der Waals surface area contributed by atoms with E-state index in [0.717, 1.165) is 25.1 Å². The summed E-state index contributed by atoms with van der Waals surface area (Å²) in [6.07, 6.45) is 1.98. The molecule has 0 heterocycles. The molecule has 0 aliphatic heterocycles. The highest BCUT2D eigenvalue weighted by molar-refractivity contribution is 7.99. The number of hydrogen-bond acceptors (Lipinski definition) is 3. The molecule has 3 N–H and O–H groups in total. The van der Waals surface area contributed by atoms with Gasteiger partial charge in [0.15, 0.2) is 5.11 Å². The Bertz CT molecular complexity index is 435. The van der Waals surface area contributed by atoms with Crippen LogP contribution in [0.5, 0.6) is 0 Å². The van der Waals surface area contributed by atoms with E-state index in [1.54, 1.807) is 11.8 Å². The van der Waals surface area contributed by atoms with Crippen molar-refractivity contribution < 1.29 is 4.79 Å². The summed E-state index contributed by atoms with van der Waals surface area (Å²) in [6.45, 7) is 0.755. The summed E-state index contributed by atoms with van der Waals surface area (Å²) in [6, 6.07) is 10.2. The lowest BCUT2D eigenvalue weighted by atomic mass is 10.4. The van der Waals surface area contributed by atoms with E-state index in [4.69, 9.17) is 12.2 Å². The summed E-state index contributed by atoms with van der Waals surface area (Å²) < 4.78 is 0. The lowest BCUT2D eigenvalue weighted by Gasteiger charge is -2.11. The number of thiocarbonyl (C=S) groups is 1. The maximum atomic E-state index is 11.4. The van der Waals surface area contributed by atoms with Crippen molar-refractivity contribution in [1.82, 2.24) is 16.2 Å². The van der Waals surface area contributed by atoms with Crippen molar-refractivity contribution in [1.29, 1.82) is 0 Å². The molecule has 1 aliphatic carbocycles. The molecule has 0 bridgehead atoms. The van der Waals surface area contributed by atoms with Crippen LogP contribution in [0.4, 0.5) is 0 Å². The molecule has 0 radical (unpaired) electrons. The quantitative estimate of drug-likeness (QED) is 0.334. The molecule has 1 aromatic carbocycles. The third-order valence-corrected chi connectivity index (χ3v) is 3.91. The number of carbonyl (C=O) groups is 1. The number of benzene rings is 1. The summed E-state index contributed by atoms with van der Waals surface area (Å²) in [5.41, 5.74) is 5.32. The molecule has 1 aliphatic rings. The molecule has 1 aromatic rings. The fourth-order valence-corrected chi connectivity index (χ4v) is 2.40. The van der Waals surface area contributed by atoms with Gasteiger partial charge in [0.1, 0.15) is 0 Å². The van der Waals surface area contributed by atoms with E-state index < -0.39 is 0 Å². The van der Waals surface area contributed by atoms with Crippen LogP contribution < -0.4 is 16.2 Å². The summed E-state index contributed by atoms with van der Waals surface area (Å²) in [4.78, 5) is 12.6. The predicted octanol–water partition coefficient (Wildman–Crippen LogP) is 1.68. The van der Waals surface area contributed by atoms with E-state index in [-0.39, 0.29) is 11.8 Å². The molecular weight excluding hydrogens is 278 g/mol. The first-order valence-corrected chi connectivity index (χ1v) is 7.66. The monoisotopic (exact) mass is 295 g/mol. The molecule has 6 heteroatoms. The minimum Gasteiger partial charge on any atom is -0.361 e. The minimum atomic E-state index is 0.0304. The predicted molar refractivity (Wildman–Crippen MR) is 81.8 cm³/mol. The normalized spacial score (nSPS) is 13.7. The Balaban J connectivity index is 1.52. The van der Waals surface area contributed by atoms with E-state index in [1.165, 1.54) is 4.90 Å². The van der Waals surface area contributed by atoms with Gasteiger partial charge in [-0.2, -0.15) is 0 Å². The van der Waals surface area contributed by atoms with Crippen LogP contribution >= 0.6 is 24.0 Å². The number of nitrogens with one attached hydrogen (secondary N) is 3. The zero-order valence-corrected chi connectivity index (χ0v) is 12.2. The molecular formula is C13H17N3OS2. The van der Waals surface area contributed by atoms with Gasteiger partial charge in [0, 0.05) is 23.1 Å². The molecule has 0 spiro atoms. The smallest absolute Gasteiger partial charge is 0.241 e. The van der Waals surface area contributed by atoms with Gasteiger partial charge in [-0.25, -0.2) is 0 Å². The summed E-state index contributed by atoms with van der Waals surface area (Å²) in [7, 11) is 0. The highest BCUT2D eigenvalue weighted by atomic mass is 32.2. The van der Waals surface area contributed by atoms with Gasteiger partial charge in [-0.3, -0.25) is 15.6 Å². The molecule has 1 fully saturated rings. The Morgan fingerprint density at radius 1 is 1.26 bits per heavy atom. The van der Waals surface area contributed by atoms with Gasteiger partial charge >= 0.3 is 0 Å². The summed E-state index contributed by atoms with van der Waals surface area (Å²) in [5.74, 6) is 1.13. The molecule has 102 valence electrons. The van der Waals surface area contributed by atoms with E-state index in [1.807, 2.05) is 18.2 Å². The number of amides is 1. The van der Waals surface area contributed by atoms with Gasteiger partial charge in [0.2, 0.25) is 5.91 Å². The highest BCUT2D eigenvalue weighted by Gasteiger charge is 2.29. The second-order valence-corrected chi connectivity index (χ2v) is 5.88. The van der Waals surface area contributed by atoms with Gasteiger partial charge in [-0.15, -0.1) is 11.8 Å². The Labute approximate surface area is 122 Å². The van der Waals surface area contributed by atoms with E-state index in [2.05, 4.69) is 28.3 Å². The largest absolute Gasteiger partial charge is 0.361 e. The van der Waals surface area contributed by atoms with Crippen LogP contribution in [-0.2, 0) is 4.79 Å². The first kappa shape index (κ1) is 14.1. The minimum absolute atomic E-state index is 0.0304. The van der Waals surface area contributed by atoms with Crippen LogP contribution in [0.25, 0.3) is 0 Å². The highest BCUT2D eigenvalue weighted by Crippen LogP contribution is 2.28. The Morgan fingerprint density at radius 3 is 2.68 bits per heavy atom. The number of thioether (sulfide) groups is 1. The van der Waals surface area contributed by atoms with Crippen molar-refractivity contribution in [3.05, 3.63) is 30.3 Å². The molecule has 19 heavy (non-hydrogen) atoms. The van der Waals surface area contributed by atoms with Gasteiger partial charge in [-0.05, 0) is 37.2 Å². The van der Waals surface area contributed by atoms with Gasteiger partial charge in [-0.1, -0.05) is 18.2 Å². The topological polar surface area (TPSA) is 53.2 Å². The fourth-order valence-electron chi connectivity index (χ4n) is 1.46. The molecule has 1 amide bonds. The third kappa shape index (κ3) is 5.48. The van der Waals surface area contributed by atoms with Crippen LogP contribution in [0.2, 0.25) is 0 Å². The van der Waals surface area contributed by atoms with Crippen LogP contribution in [0, 0.1) is 5.92 Å². The zero-order valence-electron chi connectivity index (χ0n) is 10.5. The maximum absolute atomic E-state index is 11.4.